The third kappa shape index (κ3) is 5.53. The Labute approximate surface area is 160 Å². The molecule has 0 spiro atoms. The minimum absolute atomic E-state index is 0.0326. The number of nitrogens with zero attached hydrogens (tertiary/aromatic N) is 2. The molecule has 0 saturated carbocycles. The summed E-state index contributed by atoms with van der Waals surface area (Å²) in [7, 11) is 1.67. The van der Waals surface area contributed by atoms with E-state index < -0.39 is 0 Å². The number of amides is 1. The molecule has 0 bridgehead atoms. The minimum Gasteiger partial charge on any atom is -0.496 e. The number of methoxy groups -OCH3 is 1. The smallest absolute Gasteiger partial charge is 0.230 e. The van der Waals surface area contributed by atoms with Crippen molar-refractivity contribution in [2.75, 3.05) is 19.4 Å². The number of para-hydroxylation sites is 1. The Hall–Kier alpha value is -1.95. The van der Waals surface area contributed by atoms with Gasteiger partial charge in [-0.2, -0.15) is 0 Å². The Kier molecular flexibility index (Phi) is 8.04. The zero-order valence-electron chi connectivity index (χ0n) is 16.2. The molecule has 0 unspecified atom stereocenters. The Balaban J connectivity index is 1.83. The van der Waals surface area contributed by atoms with Crippen molar-refractivity contribution in [3.63, 3.8) is 0 Å². The molecular formula is C20H29N3O2S. The summed E-state index contributed by atoms with van der Waals surface area (Å²) in [6.07, 6.45) is 3.02. The molecule has 0 atom stereocenters. The summed E-state index contributed by atoms with van der Waals surface area (Å²) in [6, 6.07) is 7.89. The first-order valence-corrected chi connectivity index (χ1v) is 10.1. The molecule has 2 rings (SSSR count). The standard InChI is InChI=1S/C20H29N3O2S/c1-5-6-13-23-16(3)15(2)22-20(23)26-14-19(24)21-12-11-17-9-7-8-10-18(17)25-4/h7-10H,5-6,11-14H2,1-4H3,(H,21,24). The summed E-state index contributed by atoms with van der Waals surface area (Å²) >= 11 is 1.51. The fourth-order valence-corrected chi connectivity index (χ4v) is 3.69. The van der Waals surface area contributed by atoms with Crippen molar-refractivity contribution in [3.05, 3.63) is 41.2 Å². The van der Waals surface area contributed by atoms with E-state index >= 15 is 0 Å². The second-order valence-corrected chi connectivity index (χ2v) is 7.21. The van der Waals surface area contributed by atoms with Crippen LogP contribution in [0.25, 0.3) is 0 Å². The highest BCUT2D eigenvalue weighted by atomic mass is 32.2. The first-order chi connectivity index (χ1) is 12.6. The zero-order chi connectivity index (χ0) is 18.9. The van der Waals surface area contributed by atoms with Crippen LogP contribution in [0.1, 0.15) is 36.7 Å². The highest BCUT2D eigenvalue weighted by Crippen LogP contribution is 2.22. The Morgan fingerprint density at radius 2 is 2.08 bits per heavy atom. The van der Waals surface area contributed by atoms with E-state index in [0.29, 0.717) is 12.3 Å². The van der Waals surface area contributed by atoms with E-state index in [0.717, 1.165) is 48.0 Å². The molecule has 1 heterocycles. The van der Waals surface area contributed by atoms with E-state index in [1.165, 1.54) is 17.5 Å². The van der Waals surface area contributed by atoms with Crippen molar-refractivity contribution in [2.45, 2.75) is 51.7 Å². The Morgan fingerprint density at radius 3 is 2.81 bits per heavy atom. The van der Waals surface area contributed by atoms with Crippen molar-refractivity contribution in [1.82, 2.24) is 14.9 Å². The van der Waals surface area contributed by atoms with Crippen LogP contribution in [0.4, 0.5) is 0 Å². The Morgan fingerprint density at radius 1 is 1.31 bits per heavy atom. The maximum absolute atomic E-state index is 12.2. The van der Waals surface area contributed by atoms with Gasteiger partial charge in [-0.05, 0) is 38.3 Å². The van der Waals surface area contributed by atoms with Crippen LogP contribution in [-0.2, 0) is 17.8 Å². The molecule has 1 N–H and O–H groups in total. The Bertz CT molecular complexity index is 728. The van der Waals surface area contributed by atoms with E-state index in [1.54, 1.807) is 7.11 Å². The molecule has 2 aromatic rings. The summed E-state index contributed by atoms with van der Waals surface area (Å²) in [5.41, 5.74) is 3.34. The number of benzene rings is 1. The van der Waals surface area contributed by atoms with Gasteiger partial charge in [0.2, 0.25) is 5.91 Å². The highest BCUT2D eigenvalue weighted by Gasteiger charge is 2.13. The SMILES string of the molecule is CCCCn1c(SCC(=O)NCCc2ccccc2OC)nc(C)c1C. The molecule has 0 aliphatic heterocycles. The average molecular weight is 376 g/mol. The van der Waals surface area contributed by atoms with Gasteiger partial charge in [-0.25, -0.2) is 4.98 Å². The van der Waals surface area contributed by atoms with Gasteiger partial charge in [0.25, 0.3) is 0 Å². The highest BCUT2D eigenvalue weighted by molar-refractivity contribution is 7.99. The lowest BCUT2D eigenvalue weighted by Gasteiger charge is -2.10. The fraction of sp³-hybridized carbons (Fsp3) is 0.500. The first kappa shape index (κ1) is 20.4. The minimum atomic E-state index is 0.0326. The largest absolute Gasteiger partial charge is 0.496 e. The van der Waals surface area contributed by atoms with E-state index in [4.69, 9.17) is 4.74 Å². The lowest BCUT2D eigenvalue weighted by molar-refractivity contribution is -0.118. The molecule has 5 nitrogen and oxygen atoms in total. The van der Waals surface area contributed by atoms with Crippen LogP contribution < -0.4 is 10.1 Å². The predicted octanol–water partition coefficient (Wildman–Crippen LogP) is 3.76. The molecule has 0 radical (unpaired) electrons. The molecule has 26 heavy (non-hydrogen) atoms. The summed E-state index contributed by atoms with van der Waals surface area (Å²) in [6.45, 7) is 7.86. The predicted molar refractivity (Wildman–Crippen MR) is 107 cm³/mol. The third-order valence-corrected chi connectivity index (χ3v) is 5.38. The van der Waals surface area contributed by atoms with Crippen molar-refractivity contribution >= 4 is 17.7 Å². The van der Waals surface area contributed by atoms with Crippen LogP contribution >= 0.6 is 11.8 Å². The number of aryl methyl sites for hydroxylation is 1. The zero-order valence-corrected chi connectivity index (χ0v) is 17.0. The monoisotopic (exact) mass is 375 g/mol. The fourth-order valence-electron chi connectivity index (χ4n) is 2.74. The van der Waals surface area contributed by atoms with Crippen LogP contribution in [-0.4, -0.2) is 34.9 Å². The molecule has 1 amide bonds. The number of ether oxygens (including phenoxy) is 1. The molecule has 0 aliphatic rings. The van der Waals surface area contributed by atoms with Gasteiger partial charge < -0.3 is 14.6 Å². The quantitative estimate of drug-likeness (QED) is 0.643. The molecule has 1 aromatic carbocycles. The van der Waals surface area contributed by atoms with Crippen molar-refractivity contribution in [1.29, 1.82) is 0 Å². The first-order valence-electron chi connectivity index (χ1n) is 9.12. The maximum atomic E-state index is 12.2. The van der Waals surface area contributed by atoms with Gasteiger partial charge in [0.15, 0.2) is 5.16 Å². The topological polar surface area (TPSA) is 56.2 Å². The number of aromatic nitrogens is 2. The van der Waals surface area contributed by atoms with Gasteiger partial charge in [0.1, 0.15) is 5.75 Å². The van der Waals surface area contributed by atoms with E-state index in [1.807, 2.05) is 31.2 Å². The number of rotatable bonds is 10. The second-order valence-electron chi connectivity index (χ2n) is 6.27. The second kappa shape index (κ2) is 10.3. The van der Waals surface area contributed by atoms with Crippen molar-refractivity contribution < 1.29 is 9.53 Å². The molecule has 142 valence electrons. The number of carbonyl (C=O) groups excluding carboxylic acids is 1. The lowest BCUT2D eigenvalue weighted by atomic mass is 10.1. The number of imidazole rings is 1. The number of carbonyl (C=O) groups is 1. The normalized spacial score (nSPS) is 10.8. The van der Waals surface area contributed by atoms with Crippen LogP contribution in [0.15, 0.2) is 29.4 Å². The lowest BCUT2D eigenvalue weighted by Crippen LogP contribution is -2.27. The van der Waals surface area contributed by atoms with Crippen LogP contribution in [0.2, 0.25) is 0 Å². The van der Waals surface area contributed by atoms with E-state index in [9.17, 15) is 4.79 Å². The van der Waals surface area contributed by atoms with Crippen LogP contribution in [0.5, 0.6) is 5.75 Å². The summed E-state index contributed by atoms with van der Waals surface area (Å²) in [5.74, 6) is 1.28. The molecule has 1 aromatic heterocycles. The van der Waals surface area contributed by atoms with Crippen LogP contribution in [0.3, 0.4) is 0 Å². The van der Waals surface area contributed by atoms with Gasteiger partial charge in [0.05, 0.1) is 18.6 Å². The summed E-state index contributed by atoms with van der Waals surface area (Å²) < 4.78 is 7.57. The summed E-state index contributed by atoms with van der Waals surface area (Å²) in [4.78, 5) is 16.8. The number of unbranched alkanes of at least 4 members (excludes halogenated alkanes) is 1. The van der Waals surface area contributed by atoms with Crippen molar-refractivity contribution in [3.8, 4) is 5.75 Å². The number of thioether (sulfide) groups is 1. The molecule has 0 fully saturated rings. The number of nitrogens with one attached hydrogen (secondary N) is 1. The van der Waals surface area contributed by atoms with E-state index in [2.05, 4.69) is 28.7 Å². The number of hydrogen-bond donors (Lipinski definition) is 1. The molecule has 0 saturated heterocycles. The van der Waals surface area contributed by atoms with Gasteiger partial charge in [-0.15, -0.1) is 0 Å². The maximum Gasteiger partial charge on any atom is 0.230 e. The molecule has 0 aliphatic carbocycles. The number of hydrogen-bond acceptors (Lipinski definition) is 4. The summed E-state index contributed by atoms with van der Waals surface area (Å²) in [5, 5.41) is 3.92. The van der Waals surface area contributed by atoms with E-state index in [-0.39, 0.29) is 5.91 Å². The van der Waals surface area contributed by atoms with Gasteiger partial charge in [-0.3, -0.25) is 4.79 Å². The van der Waals surface area contributed by atoms with Crippen LogP contribution in [0, 0.1) is 13.8 Å². The van der Waals surface area contributed by atoms with Crippen molar-refractivity contribution in [2.24, 2.45) is 0 Å². The van der Waals surface area contributed by atoms with Gasteiger partial charge >= 0.3 is 0 Å². The van der Waals surface area contributed by atoms with Gasteiger partial charge in [-0.1, -0.05) is 43.3 Å². The third-order valence-electron chi connectivity index (χ3n) is 4.40. The molecule has 6 heteroatoms. The van der Waals surface area contributed by atoms with Gasteiger partial charge in [0, 0.05) is 18.8 Å². The average Bonchev–Trinajstić information content (AvgIpc) is 2.92. The molecular weight excluding hydrogens is 346 g/mol.